The lowest BCUT2D eigenvalue weighted by atomic mass is 9.81. The van der Waals surface area contributed by atoms with Crippen LogP contribution in [0.2, 0.25) is 0 Å². The van der Waals surface area contributed by atoms with E-state index in [1.807, 2.05) is 0 Å². The highest BCUT2D eigenvalue weighted by molar-refractivity contribution is 5.97. The number of ether oxygens (including phenoxy) is 2. The number of esters is 1. The smallest absolute Gasteiger partial charge is 0.387 e. The van der Waals surface area contributed by atoms with Crippen LogP contribution in [0.25, 0.3) is 0 Å². The van der Waals surface area contributed by atoms with E-state index in [2.05, 4.69) is 10.1 Å². The van der Waals surface area contributed by atoms with Gasteiger partial charge in [0, 0.05) is 13.1 Å². The van der Waals surface area contributed by atoms with E-state index >= 15 is 0 Å². The molecule has 2 amide bonds. The summed E-state index contributed by atoms with van der Waals surface area (Å²) < 4.78 is 35.2. The maximum atomic E-state index is 13.1. The number of amides is 2. The molecule has 1 N–H and O–H groups in total. The molecule has 0 bridgehead atoms. The van der Waals surface area contributed by atoms with Gasteiger partial charge >= 0.3 is 12.6 Å². The number of alkyl halides is 2. The number of halogens is 2. The van der Waals surface area contributed by atoms with Crippen LogP contribution in [0.5, 0.6) is 5.75 Å². The van der Waals surface area contributed by atoms with Crippen LogP contribution in [0.1, 0.15) is 62.2 Å². The Morgan fingerprint density at radius 1 is 1.16 bits per heavy atom. The lowest BCUT2D eigenvalue weighted by molar-refractivity contribution is -0.155. The number of para-hydroxylation sites is 1. The predicted octanol–water partition coefficient (Wildman–Crippen LogP) is 3.52. The number of piperidine rings is 1. The molecule has 32 heavy (non-hydrogen) atoms. The zero-order chi connectivity index (χ0) is 23.1. The SMILES string of the molecule is CCOC(=O)C1(NC(=O)C2CCCN(C(=O)c3ccccc3OC(F)F)C2)CCCCC1. The molecular weight excluding hydrogens is 422 g/mol. The van der Waals surface area contributed by atoms with Gasteiger partial charge in [-0.25, -0.2) is 4.79 Å². The van der Waals surface area contributed by atoms with Crippen LogP contribution in [0, 0.1) is 5.92 Å². The molecule has 1 atom stereocenters. The van der Waals surface area contributed by atoms with Gasteiger partial charge in [0.15, 0.2) is 0 Å². The van der Waals surface area contributed by atoms with Crippen molar-refractivity contribution >= 4 is 17.8 Å². The second kappa shape index (κ2) is 10.7. The third kappa shape index (κ3) is 5.55. The summed E-state index contributed by atoms with van der Waals surface area (Å²) in [5.74, 6) is -1.84. The molecule has 0 radical (unpaired) electrons. The molecule has 9 heteroatoms. The van der Waals surface area contributed by atoms with Crippen molar-refractivity contribution in [3.8, 4) is 5.75 Å². The monoisotopic (exact) mass is 452 g/mol. The molecule has 7 nitrogen and oxygen atoms in total. The highest BCUT2D eigenvalue weighted by Crippen LogP contribution is 2.31. The van der Waals surface area contributed by atoms with Gasteiger partial charge in [-0.05, 0) is 44.7 Å². The van der Waals surface area contributed by atoms with Crippen molar-refractivity contribution in [2.75, 3.05) is 19.7 Å². The van der Waals surface area contributed by atoms with Gasteiger partial charge in [0.25, 0.3) is 5.91 Å². The lowest BCUT2D eigenvalue weighted by Crippen LogP contribution is -2.59. The van der Waals surface area contributed by atoms with Crippen molar-refractivity contribution in [1.29, 1.82) is 0 Å². The molecule has 0 aromatic heterocycles. The summed E-state index contributed by atoms with van der Waals surface area (Å²) in [5, 5.41) is 2.95. The van der Waals surface area contributed by atoms with Crippen molar-refractivity contribution in [2.24, 2.45) is 5.92 Å². The van der Waals surface area contributed by atoms with Crippen molar-refractivity contribution in [1.82, 2.24) is 10.2 Å². The molecule has 1 aliphatic heterocycles. The number of carbonyl (C=O) groups is 3. The maximum absolute atomic E-state index is 13.1. The summed E-state index contributed by atoms with van der Waals surface area (Å²) in [4.78, 5) is 40.3. The van der Waals surface area contributed by atoms with Crippen LogP contribution < -0.4 is 10.1 Å². The van der Waals surface area contributed by atoms with E-state index in [4.69, 9.17) is 4.74 Å². The molecule has 176 valence electrons. The Labute approximate surface area is 186 Å². The first kappa shape index (κ1) is 23.9. The maximum Gasteiger partial charge on any atom is 0.387 e. The third-order valence-corrected chi connectivity index (χ3v) is 6.15. The van der Waals surface area contributed by atoms with Crippen LogP contribution in [-0.2, 0) is 14.3 Å². The first-order valence-corrected chi connectivity index (χ1v) is 11.2. The second-order valence-electron chi connectivity index (χ2n) is 8.32. The molecule has 3 rings (SSSR count). The van der Waals surface area contributed by atoms with E-state index in [-0.39, 0.29) is 30.4 Å². The zero-order valence-electron chi connectivity index (χ0n) is 18.3. The third-order valence-electron chi connectivity index (χ3n) is 6.15. The molecule has 1 heterocycles. The summed E-state index contributed by atoms with van der Waals surface area (Å²) in [7, 11) is 0. The topological polar surface area (TPSA) is 84.9 Å². The van der Waals surface area contributed by atoms with Crippen LogP contribution in [0.15, 0.2) is 24.3 Å². The summed E-state index contributed by atoms with van der Waals surface area (Å²) in [6.45, 7) is -0.515. The Morgan fingerprint density at radius 3 is 2.56 bits per heavy atom. The number of likely N-dealkylation sites (tertiary alicyclic amines) is 1. The van der Waals surface area contributed by atoms with Gasteiger partial charge < -0.3 is 19.7 Å². The minimum atomic E-state index is -3.04. The van der Waals surface area contributed by atoms with Crippen LogP contribution in [-0.4, -0.2) is 54.5 Å². The van der Waals surface area contributed by atoms with Crippen molar-refractivity contribution in [3.05, 3.63) is 29.8 Å². The fourth-order valence-corrected chi connectivity index (χ4v) is 4.53. The minimum absolute atomic E-state index is 0.0316. The molecule has 1 saturated heterocycles. The fraction of sp³-hybridized carbons (Fsp3) is 0.609. The Bertz CT molecular complexity index is 826. The van der Waals surface area contributed by atoms with Gasteiger partial charge in [-0.2, -0.15) is 8.78 Å². The number of rotatable bonds is 7. The zero-order valence-corrected chi connectivity index (χ0v) is 18.3. The Kier molecular flexibility index (Phi) is 8.04. The van der Waals surface area contributed by atoms with Crippen molar-refractivity contribution < 1.29 is 32.6 Å². The molecular formula is C23H30F2N2O5. The number of hydrogen-bond acceptors (Lipinski definition) is 5. The average molecular weight is 452 g/mol. The second-order valence-corrected chi connectivity index (χ2v) is 8.32. The molecule has 1 unspecified atom stereocenters. The van der Waals surface area contributed by atoms with Gasteiger partial charge in [-0.15, -0.1) is 0 Å². The first-order chi connectivity index (χ1) is 15.4. The molecule has 2 aliphatic rings. The van der Waals surface area contributed by atoms with Gasteiger partial charge in [0.1, 0.15) is 11.3 Å². The highest BCUT2D eigenvalue weighted by atomic mass is 19.3. The number of nitrogens with one attached hydrogen (secondary N) is 1. The minimum Gasteiger partial charge on any atom is -0.464 e. The highest BCUT2D eigenvalue weighted by Gasteiger charge is 2.44. The molecule has 1 aromatic rings. The van der Waals surface area contributed by atoms with E-state index in [0.29, 0.717) is 32.2 Å². The van der Waals surface area contributed by atoms with E-state index in [9.17, 15) is 23.2 Å². The van der Waals surface area contributed by atoms with Crippen molar-refractivity contribution in [3.63, 3.8) is 0 Å². The summed E-state index contributed by atoms with van der Waals surface area (Å²) in [6, 6.07) is 5.84. The van der Waals surface area contributed by atoms with Crippen LogP contribution >= 0.6 is 0 Å². The van der Waals surface area contributed by atoms with Crippen LogP contribution in [0.4, 0.5) is 8.78 Å². The molecule has 1 aromatic carbocycles. The number of benzene rings is 1. The number of nitrogens with zero attached hydrogens (tertiary/aromatic N) is 1. The normalized spacial score (nSPS) is 20.5. The summed E-state index contributed by atoms with van der Waals surface area (Å²) in [6.07, 6.45) is 4.89. The van der Waals surface area contributed by atoms with Gasteiger partial charge in [-0.3, -0.25) is 9.59 Å². The molecule has 1 aliphatic carbocycles. The van der Waals surface area contributed by atoms with Gasteiger partial charge in [0.2, 0.25) is 5.91 Å². The quantitative estimate of drug-likeness (QED) is 0.640. The standard InChI is InChI=1S/C23H30F2N2O5/c1-2-31-21(30)23(12-6-3-7-13-23)26-19(28)16-9-8-14-27(15-16)20(29)17-10-4-5-11-18(17)32-22(24)25/h4-5,10-11,16,22H,2-3,6-9,12-15H2,1H3,(H,26,28). The van der Waals surface area contributed by atoms with E-state index in [0.717, 1.165) is 19.3 Å². The summed E-state index contributed by atoms with van der Waals surface area (Å²) >= 11 is 0. The van der Waals surface area contributed by atoms with Gasteiger partial charge in [0.05, 0.1) is 18.1 Å². The van der Waals surface area contributed by atoms with E-state index in [1.54, 1.807) is 13.0 Å². The van der Waals surface area contributed by atoms with Gasteiger partial charge in [-0.1, -0.05) is 31.4 Å². The van der Waals surface area contributed by atoms with Crippen molar-refractivity contribution in [2.45, 2.75) is 64.0 Å². The predicted molar refractivity (Wildman–Crippen MR) is 112 cm³/mol. The first-order valence-electron chi connectivity index (χ1n) is 11.2. The Hall–Kier alpha value is -2.71. The Morgan fingerprint density at radius 2 is 1.88 bits per heavy atom. The fourth-order valence-electron chi connectivity index (χ4n) is 4.53. The van der Waals surface area contributed by atoms with E-state index < -0.39 is 29.9 Å². The van der Waals surface area contributed by atoms with Crippen LogP contribution in [0.3, 0.4) is 0 Å². The number of hydrogen-bond donors (Lipinski definition) is 1. The molecule has 2 fully saturated rings. The molecule has 0 spiro atoms. The summed E-state index contributed by atoms with van der Waals surface area (Å²) in [5.41, 5.74) is -0.987. The Balaban J connectivity index is 1.71. The average Bonchev–Trinajstić information content (AvgIpc) is 2.79. The largest absolute Gasteiger partial charge is 0.464 e. The lowest BCUT2D eigenvalue weighted by Gasteiger charge is -2.38. The molecule has 1 saturated carbocycles. The number of carbonyl (C=O) groups excluding carboxylic acids is 3. The van der Waals surface area contributed by atoms with E-state index in [1.165, 1.54) is 23.1 Å².